The molecule has 0 N–H and O–H groups in total. The molecule has 0 fully saturated rings. The molecule has 0 bridgehead atoms. The smallest absolute Gasteiger partial charge is 0.0233 e. The summed E-state index contributed by atoms with van der Waals surface area (Å²) in [5, 5.41) is 0. The average molecular weight is 349 g/mol. The minimum atomic E-state index is 1.07. The summed E-state index contributed by atoms with van der Waals surface area (Å²) in [7, 11) is 7.08. The number of fused-ring (bicyclic) bond motifs is 2. The molecule has 0 saturated heterocycles. The van der Waals surface area contributed by atoms with Crippen molar-refractivity contribution in [3.05, 3.63) is 101 Å². The van der Waals surface area contributed by atoms with Gasteiger partial charge in [-0.05, 0) is 86.1 Å². The van der Waals surface area contributed by atoms with Gasteiger partial charge in [0.2, 0.25) is 0 Å². The normalized spacial score (nSPS) is 13.0. The predicted molar refractivity (Wildman–Crippen MR) is 105 cm³/mol. The zero-order valence-electron chi connectivity index (χ0n) is 13.2. The molecule has 0 aromatic heterocycles. The topological polar surface area (TPSA) is 0 Å². The van der Waals surface area contributed by atoms with E-state index in [1.165, 1.54) is 44.4 Å². The third-order valence-corrected chi connectivity index (χ3v) is 5.54. The molecule has 1 aliphatic rings. The zero-order chi connectivity index (χ0) is 16.4. The summed E-state index contributed by atoms with van der Waals surface area (Å²) in [6.07, 6.45) is 4.48. The van der Waals surface area contributed by atoms with E-state index in [0.29, 0.717) is 0 Å². The first-order valence-corrected chi connectivity index (χ1v) is 9.76. The lowest BCUT2D eigenvalue weighted by atomic mass is 9.92. The largest absolute Gasteiger partial charge is 0.0620 e. The molecule has 0 amide bonds. The van der Waals surface area contributed by atoms with Crippen LogP contribution in [0.2, 0.25) is 0 Å². The van der Waals surface area contributed by atoms with Crippen molar-refractivity contribution in [3.63, 3.8) is 0 Å². The van der Waals surface area contributed by atoms with Crippen LogP contribution in [0.5, 0.6) is 0 Å². The average Bonchev–Trinajstić information content (AvgIpc) is 2.80. The molecule has 0 spiro atoms. The SMILES string of the molecule is ClSc1ccc(C=C2c3ccccc3CCc3ccccc32)cc1. The van der Waals surface area contributed by atoms with Gasteiger partial charge in [-0.2, -0.15) is 0 Å². The quantitative estimate of drug-likeness (QED) is 0.501. The van der Waals surface area contributed by atoms with Crippen molar-refractivity contribution >= 4 is 33.3 Å². The Bertz CT molecular complexity index is 844. The van der Waals surface area contributed by atoms with E-state index in [-0.39, 0.29) is 0 Å². The Balaban J connectivity index is 1.90. The van der Waals surface area contributed by atoms with E-state index in [9.17, 15) is 0 Å². The maximum atomic E-state index is 5.83. The molecule has 1 aliphatic carbocycles. The van der Waals surface area contributed by atoms with Crippen molar-refractivity contribution in [2.24, 2.45) is 0 Å². The van der Waals surface area contributed by atoms with Crippen molar-refractivity contribution in [3.8, 4) is 0 Å². The highest BCUT2D eigenvalue weighted by Gasteiger charge is 2.17. The Morgan fingerprint density at radius 2 is 1.25 bits per heavy atom. The number of halogens is 1. The molecule has 0 heterocycles. The van der Waals surface area contributed by atoms with E-state index in [1.54, 1.807) is 0 Å². The van der Waals surface area contributed by atoms with E-state index in [4.69, 9.17) is 10.7 Å². The van der Waals surface area contributed by atoms with Crippen LogP contribution < -0.4 is 0 Å². The predicted octanol–water partition coefficient (Wildman–Crippen LogP) is 6.62. The fraction of sp³-hybridized carbons (Fsp3) is 0.0909. The van der Waals surface area contributed by atoms with Crippen LogP contribution in [-0.4, -0.2) is 0 Å². The standard InChI is InChI=1S/C22H17ClS/c23-24-19-13-9-16(10-14-19)15-22-20-7-3-1-5-17(20)11-12-18-6-2-4-8-21(18)22/h1-10,13-15H,11-12H2. The van der Waals surface area contributed by atoms with E-state index in [0.717, 1.165) is 17.7 Å². The maximum absolute atomic E-state index is 5.83. The number of benzene rings is 3. The highest BCUT2D eigenvalue weighted by molar-refractivity contribution is 8.21. The Morgan fingerprint density at radius 3 is 1.79 bits per heavy atom. The van der Waals surface area contributed by atoms with Crippen LogP contribution in [0.15, 0.2) is 77.7 Å². The van der Waals surface area contributed by atoms with Crippen LogP contribution in [0.3, 0.4) is 0 Å². The molecule has 0 saturated carbocycles. The minimum absolute atomic E-state index is 1.07. The van der Waals surface area contributed by atoms with Gasteiger partial charge < -0.3 is 0 Å². The summed E-state index contributed by atoms with van der Waals surface area (Å²) in [5.74, 6) is 0. The Labute approximate surface area is 151 Å². The van der Waals surface area contributed by atoms with Crippen molar-refractivity contribution in [2.75, 3.05) is 0 Å². The van der Waals surface area contributed by atoms with Gasteiger partial charge in [0.25, 0.3) is 0 Å². The first-order valence-electron chi connectivity index (χ1n) is 8.12. The summed E-state index contributed by atoms with van der Waals surface area (Å²) < 4.78 is 0. The van der Waals surface area contributed by atoms with Crippen LogP contribution in [-0.2, 0) is 12.8 Å². The van der Waals surface area contributed by atoms with Gasteiger partial charge in [0.1, 0.15) is 0 Å². The molecule has 24 heavy (non-hydrogen) atoms. The second kappa shape index (κ2) is 6.88. The van der Waals surface area contributed by atoms with E-state index in [2.05, 4.69) is 78.9 Å². The van der Waals surface area contributed by atoms with Crippen LogP contribution in [0.25, 0.3) is 11.6 Å². The van der Waals surface area contributed by atoms with Crippen LogP contribution in [0.4, 0.5) is 0 Å². The summed E-state index contributed by atoms with van der Waals surface area (Å²) in [4.78, 5) is 1.07. The molecule has 118 valence electrons. The van der Waals surface area contributed by atoms with Crippen molar-refractivity contribution in [2.45, 2.75) is 17.7 Å². The molecule has 0 nitrogen and oxygen atoms in total. The minimum Gasteiger partial charge on any atom is -0.0620 e. The first kappa shape index (κ1) is 15.6. The lowest BCUT2D eigenvalue weighted by Crippen LogP contribution is -1.92. The molecule has 3 aromatic rings. The lowest BCUT2D eigenvalue weighted by Gasteiger charge is -2.12. The van der Waals surface area contributed by atoms with Gasteiger partial charge in [-0.1, -0.05) is 60.7 Å². The van der Waals surface area contributed by atoms with Crippen molar-refractivity contribution in [1.82, 2.24) is 0 Å². The monoisotopic (exact) mass is 348 g/mol. The van der Waals surface area contributed by atoms with Crippen LogP contribution >= 0.6 is 21.7 Å². The van der Waals surface area contributed by atoms with E-state index < -0.39 is 0 Å². The maximum Gasteiger partial charge on any atom is 0.0233 e. The third-order valence-electron chi connectivity index (χ3n) is 4.56. The number of hydrogen-bond acceptors (Lipinski definition) is 1. The first-order chi connectivity index (χ1) is 11.8. The van der Waals surface area contributed by atoms with Gasteiger partial charge in [0, 0.05) is 4.90 Å². The Hall–Kier alpha value is -1.96. The summed E-state index contributed by atoms with van der Waals surface area (Å²) in [6, 6.07) is 25.9. The molecule has 4 rings (SSSR count). The van der Waals surface area contributed by atoms with Gasteiger partial charge in [0.05, 0.1) is 0 Å². The molecule has 3 aromatic carbocycles. The zero-order valence-corrected chi connectivity index (χ0v) is 14.8. The lowest BCUT2D eigenvalue weighted by molar-refractivity contribution is 0.965. The van der Waals surface area contributed by atoms with Crippen molar-refractivity contribution < 1.29 is 0 Å². The summed E-state index contributed by atoms with van der Waals surface area (Å²) in [5.41, 5.74) is 8.05. The summed E-state index contributed by atoms with van der Waals surface area (Å²) in [6.45, 7) is 0. The molecule has 0 radical (unpaired) electrons. The number of aryl methyl sites for hydroxylation is 2. The second-order valence-corrected chi connectivity index (χ2v) is 7.11. The van der Waals surface area contributed by atoms with Gasteiger partial charge in [0.15, 0.2) is 0 Å². The highest BCUT2D eigenvalue weighted by Crippen LogP contribution is 2.35. The van der Waals surface area contributed by atoms with Gasteiger partial charge >= 0.3 is 0 Å². The van der Waals surface area contributed by atoms with E-state index in [1.807, 2.05) is 0 Å². The molecular weight excluding hydrogens is 332 g/mol. The molecule has 2 heteroatoms. The van der Waals surface area contributed by atoms with Gasteiger partial charge in [-0.25, -0.2) is 0 Å². The van der Waals surface area contributed by atoms with Crippen LogP contribution in [0, 0.1) is 0 Å². The fourth-order valence-electron chi connectivity index (χ4n) is 3.35. The third kappa shape index (κ3) is 3.02. The number of hydrogen-bond donors (Lipinski definition) is 0. The van der Waals surface area contributed by atoms with E-state index >= 15 is 0 Å². The molecule has 0 unspecified atom stereocenters. The second-order valence-electron chi connectivity index (χ2n) is 6.02. The van der Waals surface area contributed by atoms with Crippen molar-refractivity contribution in [1.29, 1.82) is 0 Å². The Morgan fingerprint density at radius 1 is 0.708 bits per heavy atom. The summed E-state index contributed by atoms with van der Waals surface area (Å²) >= 11 is 0. The molecule has 0 aliphatic heterocycles. The van der Waals surface area contributed by atoms with Gasteiger partial charge in [-0.15, -0.1) is 0 Å². The molecular formula is C22H17ClS. The van der Waals surface area contributed by atoms with Crippen LogP contribution in [0.1, 0.15) is 27.8 Å². The number of rotatable bonds is 2. The Kier molecular flexibility index (Phi) is 4.46. The highest BCUT2D eigenvalue weighted by atomic mass is 35.7. The van der Waals surface area contributed by atoms with Gasteiger partial charge in [-0.3, -0.25) is 0 Å². The fourth-order valence-corrected chi connectivity index (χ4v) is 3.90. The molecule has 0 atom stereocenters.